The van der Waals surface area contributed by atoms with Crippen molar-refractivity contribution in [2.24, 2.45) is 23.7 Å². The maximum Gasteiger partial charge on any atom is 0.310 e. The molecule has 2 saturated carbocycles. The van der Waals surface area contributed by atoms with Crippen molar-refractivity contribution >= 4 is 39.5 Å². The topological polar surface area (TPSA) is 90.9 Å². The molecule has 27 heavy (non-hydrogen) atoms. The van der Waals surface area contributed by atoms with Gasteiger partial charge in [0.05, 0.1) is 23.3 Å². The van der Waals surface area contributed by atoms with Crippen molar-refractivity contribution in [2.45, 2.75) is 24.3 Å². The van der Waals surface area contributed by atoms with Crippen molar-refractivity contribution in [1.82, 2.24) is 0 Å². The molecule has 1 aromatic rings. The molecule has 3 aliphatic rings. The predicted molar refractivity (Wildman–Crippen MR) is 98.4 cm³/mol. The first-order chi connectivity index (χ1) is 13.0. The van der Waals surface area contributed by atoms with E-state index in [9.17, 15) is 14.4 Å². The Morgan fingerprint density at radius 2 is 2.00 bits per heavy atom. The number of benzene rings is 1. The number of carbonyl (C=O) groups is 3. The molecular weight excluding hydrogens is 418 g/mol. The second-order valence-electron chi connectivity index (χ2n) is 7.07. The second-order valence-corrected chi connectivity index (χ2v) is 8.13. The molecule has 0 spiro atoms. The zero-order valence-corrected chi connectivity index (χ0v) is 16.3. The van der Waals surface area contributed by atoms with Crippen molar-refractivity contribution in [1.29, 1.82) is 0 Å². The molecule has 3 fully saturated rings. The first kappa shape index (κ1) is 18.3. The third-order valence-electron chi connectivity index (χ3n) is 5.59. The molecule has 144 valence electrons. The maximum absolute atomic E-state index is 12.5. The third-order valence-corrected chi connectivity index (χ3v) is 6.79. The fourth-order valence-corrected chi connectivity index (χ4v) is 5.57. The first-order valence-corrected chi connectivity index (χ1v) is 9.95. The quantitative estimate of drug-likeness (QED) is 0.541. The van der Waals surface area contributed by atoms with E-state index in [1.807, 2.05) is 6.92 Å². The number of nitrogens with one attached hydrogen (secondary N) is 1. The van der Waals surface area contributed by atoms with E-state index in [0.29, 0.717) is 18.0 Å². The number of amides is 1. The minimum atomic E-state index is -0.538. The molecule has 1 N–H and O–H groups in total. The normalized spacial score (nSPS) is 32.9. The summed E-state index contributed by atoms with van der Waals surface area (Å²) in [5.41, 5.74) is 0.585. The molecule has 0 aromatic heterocycles. The molecule has 1 aromatic carbocycles. The minimum Gasteiger partial charge on any atom is -0.494 e. The summed E-state index contributed by atoms with van der Waals surface area (Å²) in [4.78, 5) is 36.6. The highest BCUT2D eigenvalue weighted by molar-refractivity contribution is 9.09. The molecule has 1 amide bonds. The first-order valence-electron chi connectivity index (χ1n) is 9.03. The number of anilines is 1. The highest BCUT2D eigenvalue weighted by Crippen LogP contribution is 2.60. The number of esters is 2. The summed E-state index contributed by atoms with van der Waals surface area (Å²) in [6.07, 6.45) is 0.634. The van der Waals surface area contributed by atoms with Gasteiger partial charge in [0.15, 0.2) is 6.61 Å². The van der Waals surface area contributed by atoms with Crippen LogP contribution in [0.2, 0.25) is 0 Å². The smallest absolute Gasteiger partial charge is 0.310 e. The van der Waals surface area contributed by atoms with Crippen LogP contribution in [0.25, 0.3) is 0 Å². The van der Waals surface area contributed by atoms with Crippen LogP contribution in [-0.4, -0.2) is 42.0 Å². The number of hydrogen-bond acceptors (Lipinski definition) is 6. The molecule has 0 radical (unpaired) electrons. The lowest BCUT2D eigenvalue weighted by Crippen LogP contribution is -2.39. The SMILES string of the molecule is CCOc1ccc(NC(=O)COC(=O)[C@@H]2[C@H]3C[C@H]4[C@H](OC(=O)[C@@H]42)[C@H]3Br)cc1. The van der Waals surface area contributed by atoms with Gasteiger partial charge >= 0.3 is 11.9 Å². The van der Waals surface area contributed by atoms with Crippen LogP contribution in [0.15, 0.2) is 24.3 Å². The summed E-state index contributed by atoms with van der Waals surface area (Å²) < 4.78 is 15.9. The maximum atomic E-state index is 12.5. The van der Waals surface area contributed by atoms with E-state index < -0.39 is 30.3 Å². The minimum absolute atomic E-state index is 0.0121. The van der Waals surface area contributed by atoms with Crippen LogP contribution < -0.4 is 10.1 Å². The van der Waals surface area contributed by atoms with Gasteiger partial charge in [0.2, 0.25) is 0 Å². The molecule has 2 bridgehead atoms. The van der Waals surface area contributed by atoms with Crippen molar-refractivity contribution in [3.63, 3.8) is 0 Å². The van der Waals surface area contributed by atoms with Crippen LogP contribution >= 0.6 is 15.9 Å². The van der Waals surface area contributed by atoms with E-state index in [1.54, 1.807) is 24.3 Å². The molecule has 0 unspecified atom stereocenters. The molecule has 4 rings (SSSR count). The monoisotopic (exact) mass is 437 g/mol. The Bertz CT molecular complexity index is 766. The summed E-state index contributed by atoms with van der Waals surface area (Å²) in [6.45, 7) is 2.07. The van der Waals surface area contributed by atoms with Gasteiger partial charge < -0.3 is 19.5 Å². The highest BCUT2D eigenvalue weighted by Gasteiger charge is 2.68. The third kappa shape index (κ3) is 3.20. The Labute approximate surface area is 164 Å². The number of ether oxygens (including phenoxy) is 3. The Balaban J connectivity index is 1.31. The van der Waals surface area contributed by atoms with Crippen molar-refractivity contribution < 1.29 is 28.6 Å². The van der Waals surface area contributed by atoms with E-state index >= 15 is 0 Å². The van der Waals surface area contributed by atoms with Crippen LogP contribution in [0.3, 0.4) is 0 Å². The summed E-state index contributed by atoms with van der Waals surface area (Å²) in [5, 5.41) is 2.67. The fourth-order valence-electron chi connectivity index (χ4n) is 4.53. The molecule has 2 aliphatic carbocycles. The van der Waals surface area contributed by atoms with Crippen LogP contribution in [0, 0.1) is 23.7 Å². The zero-order chi connectivity index (χ0) is 19.1. The molecule has 6 atom stereocenters. The molecule has 7 nitrogen and oxygen atoms in total. The Kier molecular flexibility index (Phi) is 4.84. The summed E-state index contributed by atoms with van der Waals surface area (Å²) >= 11 is 3.55. The average molecular weight is 438 g/mol. The van der Waals surface area contributed by atoms with Crippen molar-refractivity contribution in [3.05, 3.63) is 24.3 Å². The van der Waals surface area contributed by atoms with Crippen molar-refractivity contribution in [3.8, 4) is 5.75 Å². The fraction of sp³-hybridized carbons (Fsp3) is 0.526. The molecule has 1 heterocycles. The van der Waals surface area contributed by atoms with Gasteiger partial charge in [0.1, 0.15) is 11.9 Å². The number of halogens is 1. The van der Waals surface area contributed by atoms with Gasteiger partial charge in [-0.1, -0.05) is 15.9 Å². The van der Waals surface area contributed by atoms with Gasteiger partial charge in [0.25, 0.3) is 5.91 Å². The molecule has 1 aliphatic heterocycles. The van der Waals surface area contributed by atoms with E-state index in [2.05, 4.69) is 21.2 Å². The summed E-state index contributed by atoms with van der Waals surface area (Å²) in [5.74, 6) is -1.44. The highest BCUT2D eigenvalue weighted by atomic mass is 79.9. The predicted octanol–water partition coefficient (Wildman–Crippen LogP) is 2.14. The van der Waals surface area contributed by atoms with E-state index in [0.717, 1.165) is 6.42 Å². The van der Waals surface area contributed by atoms with Gasteiger partial charge in [-0.3, -0.25) is 14.4 Å². The molecular formula is C19H20BrNO6. The molecule has 8 heteroatoms. The number of carbonyl (C=O) groups excluding carboxylic acids is 3. The van der Waals surface area contributed by atoms with Crippen LogP contribution in [0.1, 0.15) is 13.3 Å². The Morgan fingerprint density at radius 1 is 1.26 bits per heavy atom. The van der Waals surface area contributed by atoms with E-state index in [-0.39, 0.29) is 28.7 Å². The van der Waals surface area contributed by atoms with Gasteiger partial charge in [-0.2, -0.15) is 0 Å². The summed E-state index contributed by atoms with van der Waals surface area (Å²) in [7, 11) is 0. The van der Waals surface area contributed by atoms with Crippen LogP contribution in [0.5, 0.6) is 5.75 Å². The summed E-state index contributed by atoms with van der Waals surface area (Å²) in [6, 6.07) is 6.92. The van der Waals surface area contributed by atoms with Crippen molar-refractivity contribution in [2.75, 3.05) is 18.5 Å². The van der Waals surface area contributed by atoms with Crippen LogP contribution in [0.4, 0.5) is 5.69 Å². The lowest BCUT2D eigenvalue weighted by molar-refractivity contribution is -0.157. The van der Waals surface area contributed by atoms with Gasteiger partial charge in [-0.15, -0.1) is 0 Å². The zero-order valence-electron chi connectivity index (χ0n) is 14.7. The van der Waals surface area contributed by atoms with E-state index in [4.69, 9.17) is 14.2 Å². The van der Waals surface area contributed by atoms with E-state index in [1.165, 1.54) is 0 Å². The Hall–Kier alpha value is -2.09. The molecule has 1 saturated heterocycles. The number of fused-ring (bicyclic) bond motifs is 1. The number of alkyl halides is 1. The average Bonchev–Trinajstić information content (AvgIpc) is 3.26. The number of rotatable bonds is 6. The number of hydrogen-bond donors (Lipinski definition) is 1. The van der Waals surface area contributed by atoms with Gasteiger partial charge in [-0.05, 0) is 43.5 Å². The van der Waals surface area contributed by atoms with Gasteiger partial charge in [-0.25, -0.2) is 0 Å². The van der Waals surface area contributed by atoms with Crippen LogP contribution in [-0.2, 0) is 23.9 Å². The van der Waals surface area contributed by atoms with Gasteiger partial charge in [0, 0.05) is 11.6 Å². The standard InChI is InChI=1S/C19H20BrNO6/c1-2-25-10-5-3-9(4-6-10)21-13(22)8-26-18(23)14-11-7-12-15(14)19(24)27-17(12)16(11)20/h3-6,11-12,14-17H,2,7-8H2,1H3,(H,21,22)/t11-,12-,14-,15+,16+,17+/m1/s1. The largest absolute Gasteiger partial charge is 0.494 e. The lowest BCUT2D eigenvalue weighted by atomic mass is 9.80. The lowest BCUT2D eigenvalue weighted by Gasteiger charge is -2.26. The Morgan fingerprint density at radius 3 is 2.70 bits per heavy atom. The second kappa shape index (κ2) is 7.14.